The molecular weight excluding hydrogens is 900 g/mol. The monoisotopic (exact) mass is 931 g/mol. The fourth-order valence-corrected chi connectivity index (χ4v) is 23.7. The Labute approximate surface area is 286 Å². The Morgan fingerprint density at radius 3 is 1.10 bits per heavy atom. The van der Waals surface area contributed by atoms with Crippen LogP contribution in [-0.4, -0.2) is 140 Å². The molecule has 32 nitrogen and oxygen atoms in total. The maximum Gasteiger partial charge on any atom is 0.404 e. The highest BCUT2D eigenvalue weighted by Gasteiger charge is 2.93. The quantitative estimate of drug-likeness (QED) is 0.0485. The summed E-state index contributed by atoms with van der Waals surface area (Å²) in [5, 5.41) is 22.5. The van der Waals surface area contributed by atoms with Crippen LogP contribution in [0.2, 0.25) is 0 Å². The second-order valence-corrected chi connectivity index (χ2v) is 25.9. The maximum atomic E-state index is 14.8. The molecule has 40 heteroatoms. The first-order valence-electron chi connectivity index (χ1n) is 11.9. The van der Waals surface area contributed by atoms with Gasteiger partial charge in [0, 0.05) is 0 Å². The number of nitrogens with zero attached hydrogens (tertiary/aromatic N) is 1. The van der Waals surface area contributed by atoms with Gasteiger partial charge in [0.25, 0.3) is 16.6 Å². The Morgan fingerprint density at radius 2 is 0.904 bits per heavy atom. The molecule has 0 saturated carbocycles. The van der Waals surface area contributed by atoms with Crippen molar-refractivity contribution in [3.8, 4) is 0 Å². The first kappa shape index (κ1) is 51.5. The smallest absolute Gasteiger partial charge is 0.404 e. The Kier molecular flexibility index (Phi) is 15.3. The predicted molar refractivity (Wildman–Crippen MR) is 158 cm³/mol. The molecule has 1 aliphatic rings. The van der Waals surface area contributed by atoms with Crippen molar-refractivity contribution in [2.24, 2.45) is 0 Å². The van der Waals surface area contributed by atoms with Crippen molar-refractivity contribution >= 4 is 78.7 Å². The summed E-state index contributed by atoms with van der Waals surface area (Å²) in [5.41, 5.74) is -20.7. The summed E-state index contributed by atoms with van der Waals surface area (Å²) in [7, 11) is -62.3. The minimum Gasteiger partial charge on any atom is -0.481 e. The maximum absolute atomic E-state index is 14.8. The topological polar surface area (TPSA) is 585 Å². The molecule has 2 unspecified atom stereocenters. The Bertz CT molecular complexity index is 1620. The largest absolute Gasteiger partial charge is 0.481 e. The van der Waals surface area contributed by atoms with Gasteiger partial charge in [0.1, 0.15) is 0 Å². The number of carbonyl (C=O) groups is 3. The highest BCUT2D eigenvalue weighted by Crippen LogP contribution is 2.92. The number of carboxylic acid groups (broad SMARTS) is 3. The van der Waals surface area contributed by atoms with E-state index in [0.29, 0.717) is 0 Å². The zero-order valence-electron chi connectivity index (χ0n) is 24.7. The van der Waals surface area contributed by atoms with Gasteiger partial charge in [-0.05, 0) is 0 Å². The molecule has 1 heterocycles. The van der Waals surface area contributed by atoms with Crippen LogP contribution in [0.5, 0.6) is 0 Å². The van der Waals surface area contributed by atoms with Crippen molar-refractivity contribution < 1.29 is 148 Å². The van der Waals surface area contributed by atoms with Gasteiger partial charge >= 0.3 is 83.7 Å². The summed E-state index contributed by atoms with van der Waals surface area (Å²) in [4.78, 5) is 179. The molecule has 0 aromatic carbocycles. The summed E-state index contributed by atoms with van der Waals surface area (Å²) >= 11 is 0. The lowest BCUT2D eigenvalue weighted by molar-refractivity contribution is -0.953. The van der Waals surface area contributed by atoms with Crippen LogP contribution in [-0.2, 0) is 60.0 Å². The first-order valence-corrected chi connectivity index (χ1v) is 25.2. The molecule has 0 aromatic heterocycles. The van der Waals surface area contributed by atoms with Gasteiger partial charge < -0.3 is 94.5 Å². The highest BCUT2D eigenvalue weighted by atomic mass is 31.3. The third-order valence-electron chi connectivity index (χ3n) is 6.73. The molecule has 0 amide bonds. The molecule has 1 fully saturated rings. The van der Waals surface area contributed by atoms with Crippen LogP contribution >= 0.6 is 60.8 Å². The van der Waals surface area contributed by atoms with Gasteiger partial charge in [-0.3, -0.25) is 50.6 Å². The van der Waals surface area contributed by atoms with E-state index >= 15 is 0 Å². The Morgan fingerprint density at radius 1 is 0.635 bits per heavy atom. The fourth-order valence-electron chi connectivity index (χ4n) is 5.61. The second-order valence-electron chi connectivity index (χ2n) is 10.3. The first-order chi connectivity index (χ1) is 22.0. The van der Waals surface area contributed by atoms with Crippen molar-refractivity contribution in [1.29, 1.82) is 0 Å². The molecule has 1 aliphatic heterocycles. The van der Waals surface area contributed by atoms with Crippen molar-refractivity contribution in [1.82, 2.24) is 6.15 Å². The van der Waals surface area contributed by atoms with Crippen LogP contribution in [0.15, 0.2) is 0 Å². The van der Waals surface area contributed by atoms with Gasteiger partial charge in [-0.1, -0.05) is 0 Å². The summed E-state index contributed by atoms with van der Waals surface area (Å²) in [6, 6.07) is 0. The number of aliphatic carboxylic acids is 3. The highest BCUT2D eigenvalue weighted by molar-refractivity contribution is 7.76. The van der Waals surface area contributed by atoms with Crippen LogP contribution < -0.4 is 6.15 Å². The van der Waals surface area contributed by atoms with Crippen molar-refractivity contribution in [2.45, 2.75) is 46.5 Å². The summed E-state index contributed by atoms with van der Waals surface area (Å²) in [6.45, 7) is -2.06. The summed E-state index contributed by atoms with van der Waals surface area (Å²) in [6.07, 6.45) is -7.39. The average Bonchev–Trinajstić information content (AvgIpc) is 3.09. The molecule has 0 radical (unpaired) electrons. The van der Waals surface area contributed by atoms with E-state index < -0.39 is 136 Å². The molecule has 308 valence electrons. The number of rotatable bonds is 18. The van der Waals surface area contributed by atoms with E-state index in [0.717, 1.165) is 0 Å². The lowest BCUT2D eigenvalue weighted by atomic mass is 9.96. The zero-order valence-corrected chi connectivity index (χ0v) is 31.9. The third-order valence-corrected chi connectivity index (χ3v) is 23.6. The number of hydrogen-bond donors (Lipinski definition) is 18. The Hall–Kier alpha value is -0.470. The van der Waals surface area contributed by atoms with E-state index in [2.05, 4.69) is 9.05 Å². The van der Waals surface area contributed by atoms with Gasteiger partial charge in [-0.15, -0.1) is 0 Å². The molecule has 0 aliphatic carbocycles. The minimum absolute atomic E-state index is 0. The fraction of sp³-hybridized carbons (Fsp3) is 0.750. The molecule has 2 atom stereocenters. The average molecular weight is 931 g/mol. The van der Waals surface area contributed by atoms with Crippen molar-refractivity contribution in [3.63, 3.8) is 0 Å². The molecule has 0 spiro atoms. The van der Waals surface area contributed by atoms with Crippen molar-refractivity contribution in [2.75, 3.05) is 6.61 Å². The minimum atomic E-state index is -7.94. The Balaban J connectivity index is 0.0000260. The van der Waals surface area contributed by atoms with Crippen LogP contribution in [0.1, 0.15) is 19.3 Å². The van der Waals surface area contributed by atoms with E-state index in [9.17, 15) is 135 Å². The number of quaternary nitrogens is 1. The SMILES string of the molecule is N.O=C(O)CC(CC(=O)O)(OP1(=O)OCCC1([N+](C(P(=O)(O)O)P(=O)(O)O)(C(P(=O)(O)O)P(=O)(O)O)C(P(=O)(O)O)P(=O)(O)O)P(=O)(O)O)C(=O)O. The van der Waals surface area contributed by atoms with Crippen LogP contribution in [0.25, 0.3) is 0 Å². The normalized spacial score (nSPS) is 21.7. The van der Waals surface area contributed by atoms with Gasteiger partial charge in [0.05, 0.1) is 25.9 Å². The number of carboxylic acids is 3. The lowest BCUT2D eigenvalue weighted by Gasteiger charge is -2.59. The van der Waals surface area contributed by atoms with Gasteiger partial charge in [0.2, 0.25) is 0 Å². The van der Waals surface area contributed by atoms with E-state index in [1.54, 1.807) is 0 Å². The van der Waals surface area contributed by atoms with E-state index in [4.69, 9.17) is 0 Å². The van der Waals surface area contributed by atoms with E-state index in [-0.39, 0.29) is 6.15 Å². The van der Waals surface area contributed by atoms with E-state index in [1.165, 1.54) is 0 Å². The van der Waals surface area contributed by atoms with Gasteiger partial charge in [-0.2, -0.15) is 0 Å². The second kappa shape index (κ2) is 15.5. The summed E-state index contributed by atoms with van der Waals surface area (Å²) < 4.78 is 110. The molecular formula is C12H31N2O30P8+. The zero-order chi connectivity index (χ0) is 41.2. The van der Waals surface area contributed by atoms with Crippen molar-refractivity contribution in [3.05, 3.63) is 0 Å². The summed E-state index contributed by atoms with van der Waals surface area (Å²) in [5.74, 6) is -8.04. The molecule has 1 saturated heterocycles. The molecule has 20 N–H and O–H groups in total. The predicted octanol–water partition coefficient (Wildman–Crippen LogP) is -2.88. The molecule has 0 aromatic rings. The van der Waals surface area contributed by atoms with Crippen LogP contribution in [0, 0.1) is 0 Å². The molecule has 52 heavy (non-hydrogen) atoms. The number of hydrogen-bond acceptors (Lipinski definition) is 14. The van der Waals surface area contributed by atoms with Gasteiger partial charge in [-0.25, -0.2) is 9.28 Å². The van der Waals surface area contributed by atoms with Gasteiger partial charge in [0.15, 0.2) is 5.60 Å². The lowest BCUT2D eigenvalue weighted by Crippen LogP contribution is -2.75. The standard InChI is InChI=1S/C12H27NO30P8.H3N/c14-5(15)3-11(7(18)19,4-6(16)17)43-51(41)12(1-2-42-51,50(38,39)40)13(8(44(20,21)22)45(23,24)25,9(46(26,27)28)47(29,30)31)10(48(32,33)34)49(35,36)37;/h8-10H,1-4H2,(H16-,14,15,16,17,18,19,20,21,22,23,24,25,26,27,28,29,30,31,32,33,34,35,36,37,38,39,40);1H3/p+1. The van der Waals surface area contributed by atoms with Crippen LogP contribution in [0.3, 0.4) is 0 Å². The third kappa shape index (κ3) is 9.55. The molecule has 1 rings (SSSR count). The van der Waals surface area contributed by atoms with Crippen LogP contribution in [0.4, 0.5) is 0 Å². The molecule has 0 bridgehead atoms. The van der Waals surface area contributed by atoms with E-state index in [1.807, 2.05) is 0 Å².